The summed E-state index contributed by atoms with van der Waals surface area (Å²) in [7, 11) is 0. The molecule has 0 aliphatic heterocycles. The monoisotopic (exact) mass is 583 g/mol. The number of benzene rings is 3. The Hall–Kier alpha value is -2.47. The van der Waals surface area contributed by atoms with Crippen LogP contribution in [0.4, 0.5) is 5.69 Å². The summed E-state index contributed by atoms with van der Waals surface area (Å²) < 4.78 is 0. The molecule has 4 saturated carbocycles. The Morgan fingerprint density at radius 2 is 1.60 bits per heavy atom. The van der Waals surface area contributed by atoms with Crippen molar-refractivity contribution in [1.29, 1.82) is 0 Å². The topological polar surface area (TPSA) is 89.8 Å². The lowest BCUT2D eigenvalue weighted by atomic mass is 9.43. The third-order valence-electron chi connectivity index (χ3n) is 13.3. The normalized spacial score (nSPS) is 39.6. The molecule has 0 radical (unpaired) electrons. The van der Waals surface area contributed by atoms with Crippen molar-refractivity contribution >= 4 is 33.1 Å². The van der Waals surface area contributed by atoms with Crippen molar-refractivity contribution in [1.82, 2.24) is 0 Å². The van der Waals surface area contributed by atoms with Crippen molar-refractivity contribution in [3.05, 3.63) is 54.6 Å². The number of aliphatic hydroxyl groups is 3. The lowest BCUT2D eigenvalue weighted by Crippen LogP contribution is -2.62. The first-order valence-electron chi connectivity index (χ1n) is 16.8. The maximum atomic E-state index is 13.1. The third kappa shape index (κ3) is 4.82. The summed E-state index contributed by atoms with van der Waals surface area (Å²) >= 11 is 0. The van der Waals surface area contributed by atoms with Crippen molar-refractivity contribution < 1.29 is 20.1 Å². The van der Waals surface area contributed by atoms with Gasteiger partial charge in [-0.05, 0) is 144 Å². The summed E-state index contributed by atoms with van der Waals surface area (Å²) in [4.78, 5) is 13.1. The fourth-order valence-electron chi connectivity index (χ4n) is 10.9. The molecule has 0 saturated heterocycles. The summed E-state index contributed by atoms with van der Waals surface area (Å²) in [5.41, 5.74) is 0.676. The molecule has 3 aromatic rings. The summed E-state index contributed by atoms with van der Waals surface area (Å²) in [6, 6.07) is 18.9. The number of hydrogen-bond donors (Lipinski definition) is 4. The van der Waals surface area contributed by atoms with Gasteiger partial charge in [0, 0.05) is 12.1 Å². The van der Waals surface area contributed by atoms with Gasteiger partial charge in [0.25, 0.3) is 0 Å². The van der Waals surface area contributed by atoms with Gasteiger partial charge in [-0.2, -0.15) is 0 Å². The van der Waals surface area contributed by atoms with E-state index in [0.717, 1.165) is 67.8 Å². The van der Waals surface area contributed by atoms with Gasteiger partial charge in [-0.1, -0.05) is 51.1 Å². The predicted molar refractivity (Wildman–Crippen MR) is 172 cm³/mol. The van der Waals surface area contributed by atoms with Crippen LogP contribution in [-0.4, -0.2) is 39.5 Å². The van der Waals surface area contributed by atoms with E-state index in [1.807, 2.05) is 12.1 Å². The Balaban J connectivity index is 1.02. The molecule has 4 aliphatic rings. The van der Waals surface area contributed by atoms with Crippen LogP contribution >= 0.6 is 0 Å². The minimum absolute atomic E-state index is 0.0390. The highest BCUT2D eigenvalue weighted by atomic mass is 16.3. The second kappa shape index (κ2) is 10.9. The third-order valence-corrected chi connectivity index (χ3v) is 13.3. The Labute approximate surface area is 256 Å². The van der Waals surface area contributed by atoms with E-state index in [4.69, 9.17) is 0 Å². The zero-order chi connectivity index (χ0) is 30.1. The summed E-state index contributed by atoms with van der Waals surface area (Å²) in [5, 5.41) is 41.6. The highest BCUT2D eigenvalue weighted by molar-refractivity contribution is 6.01. The van der Waals surface area contributed by atoms with Crippen LogP contribution in [0.15, 0.2) is 54.6 Å². The Bertz CT molecular complexity index is 1520. The van der Waals surface area contributed by atoms with E-state index in [1.54, 1.807) is 0 Å². The number of anilines is 1. The van der Waals surface area contributed by atoms with Crippen LogP contribution in [-0.2, 0) is 4.79 Å². The number of carbonyl (C=O) groups is 1. The first kappa shape index (κ1) is 29.3. The van der Waals surface area contributed by atoms with E-state index in [1.165, 1.54) is 10.8 Å². The minimum Gasteiger partial charge on any atom is -0.393 e. The molecule has 5 heteroatoms. The molecule has 4 N–H and O–H groups in total. The molecule has 0 spiro atoms. The molecule has 0 aromatic heterocycles. The molecule has 7 rings (SSSR count). The number of amides is 1. The van der Waals surface area contributed by atoms with Gasteiger partial charge in [0.05, 0.1) is 18.3 Å². The zero-order valence-corrected chi connectivity index (χ0v) is 26.0. The lowest BCUT2D eigenvalue weighted by Gasteiger charge is -2.63. The number of fused-ring (bicyclic) bond motifs is 7. The van der Waals surface area contributed by atoms with Crippen LogP contribution in [0.1, 0.15) is 78.6 Å². The molecule has 5 unspecified atom stereocenters. The van der Waals surface area contributed by atoms with E-state index in [0.29, 0.717) is 36.0 Å². The van der Waals surface area contributed by atoms with Crippen LogP contribution in [0.5, 0.6) is 0 Å². The second-order valence-corrected chi connectivity index (χ2v) is 15.4. The second-order valence-electron chi connectivity index (χ2n) is 15.4. The summed E-state index contributed by atoms with van der Waals surface area (Å²) in [5.74, 6) is 1.84. The standard InChI is InChI=1S/C38H49NO4/c1-22(8-13-35(43)39-28-10-9-25-16-23-6-4-5-7-24(23)17-26(25)18-28)30-11-12-31-36-32(21-34(42)38(30,31)3)37(2)15-14-29(40)19-27(37)20-33(36)41/h4-7,9-10,16-18,22,27,29-34,36,40-42H,8,11-15,19-21H2,1-3H3,(H,39,43)/t22?,27?,29-,30-,31?,32?,33-,34+,36?,37+,38-/m1/s1. The van der Waals surface area contributed by atoms with Gasteiger partial charge in [0.15, 0.2) is 0 Å². The molecule has 11 atom stereocenters. The molecule has 0 bridgehead atoms. The largest absolute Gasteiger partial charge is 0.393 e. The molecule has 3 aromatic carbocycles. The summed E-state index contributed by atoms with van der Waals surface area (Å²) in [6.07, 6.45) is 6.48. The summed E-state index contributed by atoms with van der Waals surface area (Å²) in [6.45, 7) is 6.94. The van der Waals surface area contributed by atoms with Crippen LogP contribution in [0.25, 0.3) is 21.5 Å². The molecule has 0 heterocycles. The molecule has 4 aliphatic carbocycles. The molecule has 230 valence electrons. The number of rotatable bonds is 5. The quantitative estimate of drug-likeness (QED) is 0.237. The van der Waals surface area contributed by atoms with Crippen molar-refractivity contribution in [2.45, 2.75) is 96.9 Å². The van der Waals surface area contributed by atoms with Crippen LogP contribution in [0, 0.1) is 46.3 Å². The predicted octanol–water partition coefficient (Wildman–Crippen LogP) is 7.31. The van der Waals surface area contributed by atoms with Gasteiger partial charge in [0.1, 0.15) is 0 Å². The maximum Gasteiger partial charge on any atom is 0.224 e. The molecule has 1 amide bonds. The van der Waals surface area contributed by atoms with Gasteiger partial charge in [-0.25, -0.2) is 0 Å². The molecule has 4 fully saturated rings. The Kier molecular flexibility index (Phi) is 7.38. The fourth-order valence-corrected chi connectivity index (χ4v) is 10.9. The van der Waals surface area contributed by atoms with E-state index >= 15 is 0 Å². The highest BCUT2D eigenvalue weighted by Gasteiger charge is 2.65. The average molecular weight is 584 g/mol. The first-order chi connectivity index (χ1) is 20.6. The van der Waals surface area contributed by atoms with E-state index in [9.17, 15) is 20.1 Å². The van der Waals surface area contributed by atoms with Crippen molar-refractivity contribution in [3.8, 4) is 0 Å². The zero-order valence-electron chi connectivity index (χ0n) is 26.0. The molecular weight excluding hydrogens is 534 g/mol. The van der Waals surface area contributed by atoms with E-state index in [-0.39, 0.29) is 34.9 Å². The van der Waals surface area contributed by atoms with Crippen LogP contribution < -0.4 is 5.32 Å². The number of aliphatic hydroxyl groups excluding tert-OH is 3. The Morgan fingerprint density at radius 3 is 2.37 bits per heavy atom. The first-order valence-corrected chi connectivity index (χ1v) is 16.8. The van der Waals surface area contributed by atoms with Gasteiger partial charge in [0.2, 0.25) is 5.91 Å². The maximum absolute atomic E-state index is 13.1. The molecular formula is C38H49NO4. The number of carbonyl (C=O) groups excluding carboxylic acids is 1. The van der Waals surface area contributed by atoms with Gasteiger partial charge in [-0.3, -0.25) is 4.79 Å². The van der Waals surface area contributed by atoms with Crippen molar-refractivity contribution in [3.63, 3.8) is 0 Å². The molecule has 5 nitrogen and oxygen atoms in total. The van der Waals surface area contributed by atoms with Gasteiger partial charge < -0.3 is 20.6 Å². The van der Waals surface area contributed by atoms with Gasteiger partial charge >= 0.3 is 0 Å². The van der Waals surface area contributed by atoms with E-state index < -0.39 is 6.10 Å². The number of hydrogen-bond acceptors (Lipinski definition) is 4. The highest BCUT2D eigenvalue weighted by Crippen LogP contribution is 2.68. The van der Waals surface area contributed by atoms with Crippen molar-refractivity contribution in [2.75, 3.05) is 5.32 Å². The number of nitrogens with one attached hydrogen (secondary N) is 1. The fraction of sp³-hybridized carbons (Fsp3) is 0.605. The lowest BCUT2D eigenvalue weighted by molar-refractivity contribution is -0.207. The average Bonchev–Trinajstić information content (AvgIpc) is 3.34. The van der Waals surface area contributed by atoms with Gasteiger partial charge in [-0.15, -0.1) is 0 Å². The Morgan fingerprint density at radius 1 is 0.884 bits per heavy atom. The van der Waals surface area contributed by atoms with Crippen LogP contribution in [0.2, 0.25) is 0 Å². The smallest absolute Gasteiger partial charge is 0.224 e. The SMILES string of the molecule is CC(CCC(=O)Nc1ccc2cc3ccccc3cc2c1)[C@H]1CCC2C3C(C[C@H](O)[C@@]21C)[C@@]1(C)CC[C@@H](O)CC1C[C@H]3O. The van der Waals surface area contributed by atoms with Crippen LogP contribution in [0.3, 0.4) is 0 Å². The van der Waals surface area contributed by atoms with E-state index in [2.05, 4.69) is 68.6 Å². The molecule has 43 heavy (non-hydrogen) atoms. The minimum atomic E-state index is -0.397. The van der Waals surface area contributed by atoms with Crippen molar-refractivity contribution in [2.24, 2.45) is 46.3 Å².